The first-order valence-electron chi connectivity index (χ1n) is 17.9. The minimum absolute atomic E-state index is 0.0223. The van der Waals surface area contributed by atoms with Crippen molar-refractivity contribution in [1.82, 2.24) is 0 Å². The molecule has 1 fully saturated rings. The van der Waals surface area contributed by atoms with Crippen molar-refractivity contribution >= 4 is 17.9 Å². The van der Waals surface area contributed by atoms with E-state index in [4.69, 9.17) is 23.7 Å². The zero-order valence-electron chi connectivity index (χ0n) is 29.1. The molecule has 0 N–H and O–H groups in total. The van der Waals surface area contributed by atoms with Crippen molar-refractivity contribution in [2.24, 2.45) is 0 Å². The lowest BCUT2D eigenvalue weighted by molar-refractivity contribution is -0.139. The number of carbonyl (C=O) groups is 3. The Hall–Kier alpha value is -4.85. The van der Waals surface area contributed by atoms with Crippen LogP contribution < -0.4 is 14.2 Å². The van der Waals surface area contributed by atoms with E-state index < -0.39 is 5.97 Å². The van der Waals surface area contributed by atoms with Gasteiger partial charge >= 0.3 is 17.9 Å². The summed E-state index contributed by atoms with van der Waals surface area (Å²) in [5.41, 5.74) is 3.11. The Bertz CT molecular complexity index is 1490. The van der Waals surface area contributed by atoms with Crippen molar-refractivity contribution in [2.45, 2.75) is 89.6 Å². The first kappa shape index (κ1) is 38.0. The zero-order valence-corrected chi connectivity index (χ0v) is 29.1. The van der Waals surface area contributed by atoms with Gasteiger partial charge in [0.2, 0.25) is 0 Å². The molecule has 1 saturated heterocycles. The van der Waals surface area contributed by atoms with Crippen molar-refractivity contribution in [2.75, 3.05) is 19.8 Å². The van der Waals surface area contributed by atoms with Crippen molar-refractivity contribution < 1.29 is 38.1 Å². The van der Waals surface area contributed by atoms with Gasteiger partial charge in [0, 0.05) is 18.1 Å². The fourth-order valence-electron chi connectivity index (χ4n) is 5.64. The summed E-state index contributed by atoms with van der Waals surface area (Å²) in [6.07, 6.45) is 14.4. The third kappa shape index (κ3) is 13.6. The van der Waals surface area contributed by atoms with E-state index in [0.29, 0.717) is 43.1 Å². The van der Waals surface area contributed by atoms with E-state index in [1.54, 1.807) is 36.4 Å². The molecule has 1 atom stereocenters. The molecule has 0 spiro atoms. The molecule has 1 aliphatic rings. The topological polar surface area (TPSA) is 97.4 Å². The van der Waals surface area contributed by atoms with E-state index in [-0.39, 0.29) is 18.0 Å². The van der Waals surface area contributed by atoms with Gasteiger partial charge in [-0.1, -0.05) is 82.4 Å². The lowest BCUT2D eigenvalue weighted by Crippen LogP contribution is -2.08. The molecule has 0 radical (unpaired) electrons. The van der Waals surface area contributed by atoms with E-state index in [0.717, 1.165) is 99.7 Å². The van der Waals surface area contributed by atoms with Gasteiger partial charge in [0.15, 0.2) is 0 Å². The molecule has 3 aromatic carbocycles. The monoisotopic (exact) mass is 682 g/mol. The van der Waals surface area contributed by atoms with Gasteiger partial charge in [-0.25, -0.2) is 14.4 Å². The minimum atomic E-state index is -0.421. The Morgan fingerprint density at radius 3 is 1.66 bits per heavy atom. The molecular formula is C42H50O8. The smallest absolute Gasteiger partial charge is 0.343 e. The number of cyclic esters (lactones) is 1. The van der Waals surface area contributed by atoms with Gasteiger partial charge in [-0.15, -0.1) is 0 Å². The van der Waals surface area contributed by atoms with Crippen molar-refractivity contribution in [1.29, 1.82) is 0 Å². The number of benzene rings is 3. The summed E-state index contributed by atoms with van der Waals surface area (Å²) >= 11 is 0. The molecule has 0 aliphatic carbocycles. The highest BCUT2D eigenvalue weighted by molar-refractivity contribution is 5.91. The molecular weight excluding hydrogens is 632 g/mol. The lowest BCUT2D eigenvalue weighted by atomic mass is 10.0. The van der Waals surface area contributed by atoms with Gasteiger partial charge in [-0.05, 0) is 91.8 Å². The fraction of sp³-hybridized carbons (Fsp3) is 0.405. The van der Waals surface area contributed by atoms with E-state index in [1.807, 2.05) is 36.4 Å². The first-order chi connectivity index (χ1) is 24.4. The maximum atomic E-state index is 12.7. The molecule has 1 unspecified atom stereocenters. The molecule has 0 saturated carbocycles. The summed E-state index contributed by atoms with van der Waals surface area (Å²) in [7, 11) is 0. The second-order valence-electron chi connectivity index (χ2n) is 12.5. The van der Waals surface area contributed by atoms with Gasteiger partial charge in [0.25, 0.3) is 0 Å². The standard InChI is InChI=1S/C42H50O8/c1-3-40(43)48-30-14-10-6-9-13-29-46-36-22-16-33(17-23-36)34-18-26-38(27-19-34)49-42(45)35-20-24-37(25-21-35)47-28-12-8-5-4-7-11-15-39-31-32(2)41(44)50-39/h3,16-27,39H,1-2,4-15,28-31H2. The predicted molar refractivity (Wildman–Crippen MR) is 194 cm³/mol. The van der Waals surface area contributed by atoms with Crippen LogP contribution in [0.5, 0.6) is 17.2 Å². The van der Waals surface area contributed by atoms with Gasteiger partial charge in [-0.3, -0.25) is 0 Å². The van der Waals surface area contributed by atoms with E-state index in [9.17, 15) is 14.4 Å². The van der Waals surface area contributed by atoms with Gasteiger partial charge < -0.3 is 23.7 Å². The summed E-state index contributed by atoms with van der Waals surface area (Å²) in [4.78, 5) is 35.1. The van der Waals surface area contributed by atoms with Crippen LogP contribution in [0.3, 0.4) is 0 Å². The Kier molecular flexibility index (Phi) is 16.2. The third-order valence-corrected chi connectivity index (χ3v) is 8.54. The van der Waals surface area contributed by atoms with Crippen LogP contribution in [-0.2, 0) is 19.1 Å². The van der Waals surface area contributed by atoms with E-state index >= 15 is 0 Å². The van der Waals surface area contributed by atoms with Crippen LogP contribution in [0, 0.1) is 0 Å². The summed E-state index contributed by atoms with van der Waals surface area (Å²) in [6.45, 7) is 8.85. The number of rotatable bonds is 23. The number of carbonyl (C=O) groups excluding carboxylic acids is 3. The Labute approximate surface area is 296 Å². The first-order valence-corrected chi connectivity index (χ1v) is 17.9. The number of hydrogen-bond donors (Lipinski definition) is 0. The molecule has 1 aliphatic heterocycles. The molecule has 266 valence electrons. The highest BCUT2D eigenvalue weighted by Gasteiger charge is 2.26. The average molecular weight is 683 g/mol. The van der Waals surface area contributed by atoms with Crippen LogP contribution >= 0.6 is 0 Å². The van der Waals surface area contributed by atoms with Gasteiger partial charge in [0.1, 0.15) is 23.4 Å². The molecule has 1 heterocycles. The lowest BCUT2D eigenvalue weighted by Gasteiger charge is -2.09. The Morgan fingerprint density at radius 1 is 0.660 bits per heavy atom. The predicted octanol–water partition coefficient (Wildman–Crippen LogP) is 9.61. The second kappa shape index (κ2) is 21.3. The second-order valence-corrected chi connectivity index (χ2v) is 12.5. The SMILES string of the molecule is C=CC(=O)OCCCCCCCOc1ccc(-c2ccc(OC(=O)c3ccc(OCCCCCCCCC4CC(=C)C(=O)O4)cc3)cc2)cc1. The van der Waals surface area contributed by atoms with Gasteiger partial charge in [-0.2, -0.15) is 0 Å². The molecule has 0 aromatic heterocycles. The van der Waals surface area contributed by atoms with Crippen LogP contribution in [0.15, 0.2) is 97.6 Å². The molecule has 0 amide bonds. The number of unbranched alkanes of at least 4 members (excludes halogenated alkanes) is 9. The molecule has 3 aromatic rings. The molecule has 0 bridgehead atoms. The summed E-state index contributed by atoms with van der Waals surface area (Å²) in [6, 6.07) is 22.4. The molecule has 8 nitrogen and oxygen atoms in total. The third-order valence-electron chi connectivity index (χ3n) is 8.54. The van der Waals surface area contributed by atoms with Crippen molar-refractivity contribution in [3.63, 3.8) is 0 Å². The van der Waals surface area contributed by atoms with Crippen molar-refractivity contribution in [3.8, 4) is 28.4 Å². The summed E-state index contributed by atoms with van der Waals surface area (Å²) < 4.78 is 27.6. The average Bonchev–Trinajstić information content (AvgIpc) is 3.46. The number of esters is 3. The number of hydrogen-bond acceptors (Lipinski definition) is 8. The minimum Gasteiger partial charge on any atom is -0.494 e. The van der Waals surface area contributed by atoms with E-state index in [2.05, 4.69) is 13.2 Å². The zero-order chi connectivity index (χ0) is 35.4. The Balaban J connectivity index is 1.05. The van der Waals surface area contributed by atoms with Crippen molar-refractivity contribution in [3.05, 3.63) is 103 Å². The van der Waals surface area contributed by atoms with Crippen LogP contribution in [0.25, 0.3) is 11.1 Å². The maximum absolute atomic E-state index is 12.7. The molecule has 8 heteroatoms. The summed E-state index contributed by atoms with van der Waals surface area (Å²) in [5, 5.41) is 0. The highest BCUT2D eigenvalue weighted by atomic mass is 16.6. The summed E-state index contributed by atoms with van der Waals surface area (Å²) in [5.74, 6) is 1.01. The highest BCUT2D eigenvalue weighted by Crippen LogP contribution is 2.26. The molecule has 4 rings (SSSR count). The van der Waals surface area contributed by atoms with Gasteiger partial charge in [0.05, 0.1) is 25.4 Å². The normalized spacial score (nSPS) is 13.8. The number of ether oxygens (including phenoxy) is 5. The van der Waals surface area contributed by atoms with E-state index in [1.165, 1.54) is 6.08 Å². The van der Waals surface area contributed by atoms with Crippen LogP contribution in [-0.4, -0.2) is 43.8 Å². The Morgan fingerprint density at radius 2 is 1.14 bits per heavy atom. The fourth-order valence-corrected chi connectivity index (χ4v) is 5.64. The quantitative estimate of drug-likeness (QED) is 0.0422. The molecule has 50 heavy (non-hydrogen) atoms. The van der Waals surface area contributed by atoms with Crippen LogP contribution in [0.1, 0.15) is 93.8 Å². The maximum Gasteiger partial charge on any atom is 0.343 e. The largest absolute Gasteiger partial charge is 0.494 e. The van der Waals surface area contributed by atoms with Crippen LogP contribution in [0.4, 0.5) is 0 Å². The van der Waals surface area contributed by atoms with Crippen LogP contribution in [0.2, 0.25) is 0 Å².